The Hall–Kier alpha value is -2.94. The van der Waals surface area contributed by atoms with Crippen LogP contribution in [0.1, 0.15) is 10.4 Å². The Labute approximate surface area is 129 Å². The summed E-state index contributed by atoms with van der Waals surface area (Å²) in [6, 6.07) is 3.89. The van der Waals surface area contributed by atoms with E-state index >= 15 is 0 Å². The van der Waals surface area contributed by atoms with E-state index in [-0.39, 0.29) is 4.90 Å². The van der Waals surface area contributed by atoms with Crippen LogP contribution in [-0.2, 0) is 14.6 Å². The second kappa shape index (κ2) is 6.05. The number of benzene rings is 1. The van der Waals surface area contributed by atoms with Crippen LogP contribution in [0.25, 0.3) is 0 Å². The summed E-state index contributed by atoms with van der Waals surface area (Å²) in [5.74, 6) is -4.70. The highest BCUT2D eigenvalue weighted by Gasteiger charge is 2.26. The average Bonchev–Trinajstić information content (AvgIpc) is 2.97. The summed E-state index contributed by atoms with van der Waals surface area (Å²) in [4.78, 5) is 21.6. The third kappa shape index (κ3) is 3.29. The number of carboxylic acids is 1. The summed E-state index contributed by atoms with van der Waals surface area (Å²) < 4.78 is 42.4. The van der Waals surface area contributed by atoms with Crippen molar-refractivity contribution in [2.24, 2.45) is 0 Å². The van der Waals surface area contributed by atoms with Gasteiger partial charge in [0.2, 0.25) is 15.6 Å². The summed E-state index contributed by atoms with van der Waals surface area (Å²) in [5, 5.41) is 17.6. The highest BCUT2D eigenvalue weighted by Crippen LogP contribution is 2.26. The quantitative estimate of drug-likeness (QED) is 0.369. The molecule has 1 aromatic carbocycles. The molecule has 0 fully saturated rings. The van der Waals surface area contributed by atoms with E-state index in [0.717, 1.165) is 36.8 Å². The number of aliphatic hydroxyl groups is 1. The highest BCUT2D eigenvalue weighted by atomic mass is 32.2. The molecule has 0 amide bonds. The van der Waals surface area contributed by atoms with E-state index in [2.05, 4.69) is 0 Å². The number of ketones is 1. The summed E-state index contributed by atoms with van der Waals surface area (Å²) in [7, 11) is -4.18. The fourth-order valence-corrected chi connectivity index (χ4v) is 3.05. The van der Waals surface area contributed by atoms with Crippen molar-refractivity contribution < 1.29 is 37.0 Å². The predicted molar refractivity (Wildman–Crippen MR) is 73.2 cm³/mol. The molecule has 0 spiro atoms. The molecule has 0 saturated carbocycles. The van der Waals surface area contributed by atoms with Gasteiger partial charge in [0.25, 0.3) is 0 Å². The number of allylic oxidation sites excluding steroid dienone is 1. The number of hydrogen-bond acceptors (Lipinski definition) is 6. The molecule has 0 aliphatic carbocycles. The Morgan fingerprint density at radius 3 is 2.26 bits per heavy atom. The Bertz CT molecular complexity index is 891. The molecule has 0 radical (unpaired) electrons. The van der Waals surface area contributed by atoms with Crippen molar-refractivity contribution in [3.8, 4) is 0 Å². The second-order valence-corrected chi connectivity index (χ2v) is 6.22. The molecule has 0 aliphatic heterocycles. The third-order valence-corrected chi connectivity index (χ3v) is 4.58. The van der Waals surface area contributed by atoms with Crippen molar-refractivity contribution >= 4 is 21.6 Å². The number of furan rings is 1. The van der Waals surface area contributed by atoms with E-state index in [9.17, 15) is 22.4 Å². The number of carbonyl (C=O) groups excluding carboxylic acids is 1. The predicted octanol–water partition coefficient (Wildman–Crippen LogP) is 1.96. The minimum Gasteiger partial charge on any atom is -0.502 e. The molecule has 2 aromatic rings. The number of hydrogen-bond donors (Lipinski definition) is 2. The zero-order valence-electron chi connectivity index (χ0n) is 11.3. The number of aliphatic hydroxyl groups excluding tert-OH is 1. The van der Waals surface area contributed by atoms with E-state index in [0.29, 0.717) is 6.08 Å². The van der Waals surface area contributed by atoms with Gasteiger partial charge in [-0.3, -0.25) is 4.79 Å². The number of carbonyl (C=O) groups is 2. The molecule has 23 heavy (non-hydrogen) atoms. The fraction of sp³-hybridized carbons (Fsp3) is 0. The van der Waals surface area contributed by atoms with Crippen LogP contribution < -0.4 is 0 Å². The number of aliphatic carboxylic acids is 1. The summed E-state index contributed by atoms with van der Waals surface area (Å²) in [5.41, 5.74) is -0.456. The van der Waals surface area contributed by atoms with Crippen LogP contribution >= 0.6 is 0 Å². The van der Waals surface area contributed by atoms with Crippen molar-refractivity contribution in [1.29, 1.82) is 0 Å². The van der Waals surface area contributed by atoms with E-state index in [4.69, 9.17) is 14.6 Å². The highest BCUT2D eigenvalue weighted by molar-refractivity contribution is 7.91. The molecule has 0 aliphatic rings. The minimum absolute atomic E-state index is 0.277. The van der Waals surface area contributed by atoms with Crippen LogP contribution in [-0.4, -0.2) is 30.4 Å². The lowest BCUT2D eigenvalue weighted by Crippen LogP contribution is -2.08. The molecule has 0 bridgehead atoms. The van der Waals surface area contributed by atoms with Crippen molar-refractivity contribution in [1.82, 2.24) is 0 Å². The average molecular weight is 340 g/mol. The first kappa shape index (κ1) is 16.4. The Balaban J connectivity index is 2.49. The number of carboxylic acid groups (broad SMARTS) is 1. The first-order chi connectivity index (χ1) is 10.7. The maximum Gasteiger partial charge on any atom is 0.371 e. The molecular formula is C14H9FO7S. The van der Waals surface area contributed by atoms with Gasteiger partial charge in [-0.1, -0.05) is 0 Å². The van der Waals surface area contributed by atoms with Gasteiger partial charge >= 0.3 is 5.97 Å². The van der Waals surface area contributed by atoms with Gasteiger partial charge in [-0.05, 0) is 24.3 Å². The zero-order valence-corrected chi connectivity index (χ0v) is 12.1. The van der Waals surface area contributed by atoms with Gasteiger partial charge in [0.15, 0.2) is 5.78 Å². The fourth-order valence-electron chi connectivity index (χ4n) is 1.68. The van der Waals surface area contributed by atoms with Gasteiger partial charge in [-0.2, -0.15) is 0 Å². The molecule has 0 saturated heterocycles. The molecule has 120 valence electrons. The zero-order chi connectivity index (χ0) is 17.2. The van der Waals surface area contributed by atoms with E-state index < -0.39 is 43.6 Å². The van der Waals surface area contributed by atoms with Crippen LogP contribution in [0.5, 0.6) is 0 Å². The SMILES string of the molecule is O=C(O)C(O)=CC(=O)c1cocc1S(=O)(=O)c1ccc(F)cc1. The van der Waals surface area contributed by atoms with E-state index in [1.54, 1.807) is 0 Å². The maximum atomic E-state index is 12.9. The minimum atomic E-state index is -4.18. The molecule has 0 unspecified atom stereocenters. The molecule has 0 atom stereocenters. The lowest BCUT2D eigenvalue weighted by atomic mass is 10.2. The monoisotopic (exact) mass is 340 g/mol. The Morgan fingerprint density at radius 1 is 1.09 bits per heavy atom. The summed E-state index contributed by atoms with van der Waals surface area (Å²) >= 11 is 0. The molecule has 7 nitrogen and oxygen atoms in total. The van der Waals surface area contributed by atoms with Crippen molar-refractivity contribution in [2.45, 2.75) is 9.79 Å². The number of halogens is 1. The topological polar surface area (TPSA) is 122 Å². The van der Waals surface area contributed by atoms with E-state index in [1.807, 2.05) is 0 Å². The van der Waals surface area contributed by atoms with Crippen LogP contribution in [0.3, 0.4) is 0 Å². The second-order valence-electron chi connectivity index (χ2n) is 4.31. The van der Waals surface area contributed by atoms with Gasteiger partial charge in [-0.25, -0.2) is 17.6 Å². The normalized spacial score (nSPS) is 12.1. The lowest BCUT2D eigenvalue weighted by molar-refractivity contribution is -0.135. The van der Waals surface area contributed by atoms with Crippen LogP contribution in [0, 0.1) is 5.82 Å². The third-order valence-electron chi connectivity index (χ3n) is 2.79. The smallest absolute Gasteiger partial charge is 0.371 e. The van der Waals surface area contributed by atoms with Gasteiger partial charge in [-0.15, -0.1) is 0 Å². The first-order valence-electron chi connectivity index (χ1n) is 5.98. The van der Waals surface area contributed by atoms with Crippen LogP contribution in [0.4, 0.5) is 4.39 Å². The van der Waals surface area contributed by atoms with Gasteiger partial charge in [0.05, 0.1) is 10.5 Å². The van der Waals surface area contributed by atoms with Crippen LogP contribution in [0.15, 0.2) is 62.8 Å². The van der Waals surface area contributed by atoms with Gasteiger partial charge < -0.3 is 14.6 Å². The standard InChI is InChI=1S/C14H9FO7S/c15-8-1-3-9(4-2-8)23(20,21)13-7-22-6-10(13)11(16)5-12(17)14(18)19/h1-7,17H,(H,18,19). The Kier molecular flexibility index (Phi) is 4.32. The van der Waals surface area contributed by atoms with Gasteiger partial charge in [0.1, 0.15) is 23.2 Å². The van der Waals surface area contributed by atoms with Crippen molar-refractivity contribution in [2.75, 3.05) is 0 Å². The molecule has 2 N–H and O–H groups in total. The molecule has 1 aromatic heterocycles. The Morgan fingerprint density at radius 2 is 1.70 bits per heavy atom. The first-order valence-corrected chi connectivity index (χ1v) is 7.47. The van der Waals surface area contributed by atoms with Crippen molar-refractivity contribution in [3.63, 3.8) is 0 Å². The molecular weight excluding hydrogens is 331 g/mol. The molecule has 9 heteroatoms. The molecule has 2 rings (SSSR count). The summed E-state index contributed by atoms with van der Waals surface area (Å²) in [6.45, 7) is 0. The van der Waals surface area contributed by atoms with Crippen LogP contribution in [0.2, 0.25) is 0 Å². The van der Waals surface area contributed by atoms with E-state index in [1.165, 1.54) is 0 Å². The van der Waals surface area contributed by atoms with Crippen molar-refractivity contribution in [3.05, 3.63) is 60.0 Å². The largest absolute Gasteiger partial charge is 0.502 e. The van der Waals surface area contributed by atoms with Gasteiger partial charge in [0, 0.05) is 6.08 Å². The number of sulfone groups is 1. The number of rotatable bonds is 5. The lowest BCUT2D eigenvalue weighted by Gasteiger charge is -2.03. The molecule has 1 heterocycles. The summed E-state index contributed by atoms with van der Waals surface area (Å²) in [6.07, 6.45) is 1.96. The maximum absolute atomic E-state index is 12.9.